The standard InChI is InChI=1S/C12H18N2O3/c13-9-10-3-1-2-4-11(10)12(16)14-5-7-17-8-6-15/h1-4,15H,5-9,13H2,(H,14,16). The summed E-state index contributed by atoms with van der Waals surface area (Å²) in [7, 11) is 0. The van der Waals surface area contributed by atoms with Crippen LogP contribution in [0, 0.1) is 0 Å². The van der Waals surface area contributed by atoms with E-state index in [1.54, 1.807) is 12.1 Å². The molecule has 0 unspecified atom stereocenters. The molecule has 0 aliphatic heterocycles. The summed E-state index contributed by atoms with van der Waals surface area (Å²) < 4.78 is 5.04. The van der Waals surface area contributed by atoms with Crippen molar-refractivity contribution in [1.29, 1.82) is 0 Å². The van der Waals surface area contributed by atoms with Crippen molar-refractivity contribution in [1.82, 2.24) is 5.32 Å². The van der Waals surface area contributed by atoms with Crippen molar-refractivity contribution in [3.8, 4) is 0 Å². The van der Waals surface area contributed by atoms with Gasteiger partial charge in [0.1, 0.15) is 0 Å². The number of ether oxygens (including phenoxy) is 1. The molecular weight excluding hydrogens is 220 g/mol. The third-order valence-corrected chi connectivity index (χ3v) is 2.25. The molecule has 1 amide bonds. The zero-order valence-corrected chi connectivity index (χ0v) is 9.69. The predicted octanol–water partition coefficient (Wildman–Crippen LogP) is -0.116. The molecule has 0 saturated heterocycles. The fourth-order valence-corrected chi connectivity index (χ4v) is 1.42. The molecule has 1 aromatic carbocycles. The molecule has 0 aromatic heterocycles. The molecule has 0 bridgehead atoms. The van der Waals surface area contributed by atoms with Crippen LogP contribution in [-0.4, -0.2) is 37.4 Å². The van der Waals surface area contributed by atoms with Gasteiger partial charge in [0.05, 0.1) is 19.8 Å². The average Bonchev–Trinajstić information content (AvgIpc) is 2.38. The fraction of sp³-hybridized carbons (Fsp3) is 0.417. The first kappa shape index (κ1) is 13.6. The van der Waals surface area contributed by atoms with Crippen molar-refractivity contribution in [3.05, 3.63) is 35.4 Å². The Morgan fingerprint density at radius 1 is 1.35 bits per heavy atom. The Morgan fingerprint density at radius 3 is 2.82 bits per heavy atom. The van der Waals surface area contributed by atoms with E-state index in [1.165, 1.54) is 0 Å². The van der Waals surface area contributed by atoms with Crippen LogP contribution in [0.3, 0.4) is 0 Å². The van der Waals surface area contributed by atoms with Crippen molar-refractivity contribution in [2.75, 3.05) is 26.4 Å². The summed E-state index contributed by atoms with van der Waals surface area (Å²) in [5.74, 6) is -0.154. The van der Waals surface area contributed by atoms with Gasteiger partial charge in [0.2, 0.25) is 0 Å². The van der Waals surface area contributed by atoms with Crippen LogP contribution in [0.4, 0.5) is 0 Å². The zero-order chi connectivity index (χ0) is 12.5. The number of benzene rings is 1. The molecule has 94 valence electrons. The zero-order valence-electron chi connectivity index (χ0n) is 9.69. The van der Waals surface area contributed by atoms with Crippen LogP contribution < -0.4 is 11.1 Å². The Kier molecular flexibility index (Phi) is 6.24. The maximum Gasteiger partial charge on any atom is 0.251 e. The molecule has 1 rings (SSSR count). The van der Waals surface area contributed by atoms with Gasteiger partial charge < -0.3 is 20.9 Å². The van der Waals surface area contributed by atoms with E-state index in [0.29, 0.717) is 25.3 Å². The van der Waals surface area contributed by atoms with Crippen molar-refractivity contribution in [2.45, 2.75) is 6.54 Å². The molecule has 0 saturated carbocycles. The molecule has 0 aliphatic rings. The van der Waals surface area contributed by atoms with Crippen molar-refractivity contribution >= 4 is 5.91 Å². The summed E-state index contributed by atoms with van der Waals surface area (Å²) >= 11 is 0. The number of carbonyl (C=O) groups is 1. The normalized spacial score (nSPS) is 10.2. The van der Waals surface area contributed by atoms with E-state index in [1.807, 2.05) is 12.1 Å². The van der Waals surface area contributed by atoms with Gasteiger partial charge in [0.15, 0.2) is 0 Å². The maximum atomic E-state index is 11.8. The second-order valence-electron chi connectivity index (χ2n) is 3.45. The number of hydrogen-bond acceptors (Lipinski definition) is 4. The molecule has 1 aromatic rings. The van der Waals surface area contributed by atoms with Gasteiger partial charge >= 0.3 is 0 Å². The highest BCUT2D eigenvalue weighted by Gasteiger charge is 2.08. The van der Waals surface area contributed by atoms with E-state index >= 15 is 0 Å². The van der Waals surface area contributed by atoms with E-state index < -0.39 is 0 Å². The minimum Gasteiger partial charge on any atom is -0.394 e. The van der Waals surface area contributed by atoms with Gasteiger partial charge in [0, 0.05) is 18.7 Å². The second kappa shape index (κ2) is 7.78. The summed E-state index contributed by atoms with van der Waals surface area (Å²) in [5.41, 5.74) is 6.97. The van der Waals surface area contributed by atoms with Crippen LogP contribution in [0.2, 0.25) is 0 Å². The van der Waals surface area contributed by atoms with Crippen LogP contribution in [0.15, 0.2) is 24.3 Å². The molecule has 0 radical (unpaired) electrons. The Labute approximate surface area is 101 Å². The topological polar surface area (TPSA) is 84.6 Å². The van der Waals surface area contributed by atoms with E-state index in [-0.39, 0.29) is 19.1 Å². The molecule has 0 spiro atoms. The highest BCUT2D eigenvalue weighted by atomic mass is 16.5. The molecule has 4 N–H and O–H groups in total. The lowest BCUT2D eigenvalue weighted by molar-refractivity contribution is 0.0837. The lowest BCUT2D eigenvalue weighted by Crippen LogP contribution is -2.28. The van der Waals surface area contributed by atoms with Gasteiger partial charge in [0.25, 0.3) is 5.91 Å². The molecule has 17 heavy (non-hydrogen) atoms. The number of amides is 1. The van der Waals surface area contributed by atoms with Crippen LogP contribution in [0.1, 0.15) is 15.9 Å². The molecule has 0 heterocycles. The molecule has 5 heteroatoms. The minimum absolute atomic E-state index is 0.00997. The minimum atomic E-state index is -0.154. The largest absolute Gasteiger partial charge is 0.394 e. The molecule has 5 nitrogen and oxygen atoms in total. The average molecular weight is 238 g/mol. The maximum absolute atomic E-state index is 11.8. The monoisotopic (exact) mass is 238 g/mol. The fourth-order valence-electron chi connectivity index (χ4n) is 1.42. The molecule has 0 atom stereocenters. The Bertz CT molecular complexity index is 355. The van der Waals surface area contributed by atoms with E-state index in [0.717, 1.165) is 5.56 Å². The summed E-state index contributed by atoms with van der Waals surface area (Å²) in [5, 5.41) is 11.2. The predicted molar refractivity (Wildman–Crippen MR) is 64.6 cm³/mol. The first-order valence-corrected chi connectivity index (χ1v) is 5.54. The third kappa shape index (κ3) is 4.52. The number of hydrogen-bond donors (Lipinski definition) is 3. The van der Waals surface area contributed by atoms with Crippen molar-refractivity contribution in [2.24, 2.45) is 5.73 Å². The smallest absolute Gasteiger partial charge is 0.251 e. The number of carbonyl (C=O) groups excluding carboxylic acids is 1. The number of rotatable bonds is 7. The lowest BCUT2D eigenvalue weighted by atomic mass is 10.1. The Balaban J connectivity index is 2.41. The van der Waals surface area contributed by atoms with Gasteiger partial charge in [-0.05, 0) is 11.6 Å². The summed E-state index contributed by atoms with van der Waals surface area (Å²) in [6.45, 7) is 1.42. The Hall–Kier alpha value is -1.43. The highest BCUT2D eigenvalue weighted by Crippen LogP contribution is 2.07. The molecule has 0 aliphatic carbocycles. The van der Waals surface area contributed by atoms with Gasteiger partial charge in [-0.3, -0.25) is 4.79 Å². The SMILES string of the molecule is NCc1ccccc1C(=O)NCCOCCO. The molecular formula is C12H18N2O3. The van der Waals surface area contributed by atoms with Crippen LogP contribution >= 0.6 is 0 Å². The number of nitrogens with one attached hydrogen (secondary N) is 1. The van der Waals surface area contributed by atoms with E-state index in [9.17, 15) is 4.79 Å². The Morgan fingerprint density at radius 2 is 2.12 bits per heavy atom. The lowest BCUT2D eigenvalue weighted by Gasteiger charge is -2.08. The number of aliphatic hydroxyl groups excluding tert-OH is 1. The van der Waals surface area contributed by atoms with Gasteiger partial charge in [-0.25, -0.2) is 0 Å². The van der Waals surface area contributed by atoms with Crippen molar-refractivity contribution < 1.29 is 14.6 Å². The summed E-state index contributed by atoms with van der Waals surface area (Å²) in [4.78, 5) is 11.8. The van der Waals surface area contributed by atoms with Gasteiger partial charge in [-0.2, -0.15) is 0 Å². The first-order valence-electron chi connectivity index (χ1n) is 5.54. The van der Waals surface area contributed by atoms with E-state index in [2.05, 4.69) is 5.32 Å². The molecule has 0 fully saturated rings. The van der Waals surface area contributed by atoms with Gasteiger partial charge in [-0.15, -0.1) is 0 Å². The summed E-state index contributed by atoms with van der Waals surface area (Å²) in [6, 6.07) is 7.23. The quantitative estimate of drug-likeness (QED) is 0.578. The number of aliphatic hydroxyl groups is 1. The van der Waals surface area contributed by atoms with Crippen LogP contribution in [0.5, 0.6) is 0 Å². The highest BCUT2D eigenvalue weighted by molar-refractivity contribution is 5.95. The van der Waals surface area contributed by atoms with Crippen LogP contribution in [0.25, 0.3) is 0 Å². The second-order valence-corrected chi connectivity index (χ2v) is 3.45. The van der Waals surface area contributed by atoms with E-state index in [4.69, 9.17) is 15.6 Å². The van der Waals surface area contributed by atoms with Gasteiger partial charge in [-0.1, -0.05) is 18.2 Å². The van der Waals surface area contributed by atoms with Crippen LogP contribution in [-0.2, 0) is 11.3 Å². The summed E-state index contributed by atoms with van der Waals surface area (Å²) in [6.07, 6.45) is 0. The number of nitrogens with two attached hydrogens (primary N) is 1. The third-order valence-electron chi connectivity index (χ3n) is 2.25. The van der Waals surface area contributed by atoms with Crippen molar-refractivity contribution in [3.63, 3.8) is 0 Å². The first-order chi connectivity index (χ1) is 8.29.